The third kappa shape index (κ3) is 9.72. The van der Waals surface area contributed by atoms with Crippen molar-refractivity contribution >= 4 is 40.0 Å². The third-order valence-electron chi connectivity index (χ3n) is 2.77. The maximum Gasteiger partial charge on any atom is 2.00 e. The molecule has 0 N–H and O–H groups in total. The molecular weight excluding hydrogens is 255 g/mol. The van der Waals surface area contributed by atoms with Crippen LogP contribution in [-0.2, 0) is 0 Å². The van der Waals surface area contributed by atoms with Gasteiger partial charge in [0, 0.05) is 0 Å². The summed E-state index contributed by atoms with van der Waals surface area (Å²) < 4.78 is 0. The average Bonchev–Trinajstić information content (AvgIpc) is 2.07. The summed E-state index contributed by atoms with van der Waals surface area (Å²) in [5.41, 5.74) is 0. The Kier molecular flexibility index (Phi) is 20.8. The summed E-state index contributed by atoms with van der Waals surface area (Å²) in [6.07, 6.45) is 14.0. The maximum atomic E-state index is 2.45. The first-order valence-corrected chi connectivity index (χ1v) is 5.25. The van der Waals surface area contributed by atoms with Crippen LogP contribution in [0.25, 0.3) is 0 Å². The van der Waals surface area contributed by atoms with Gasteiger partial charge in [0.25, 0.3) is 0 Å². The van der Waals surface area contributed by atoms with Crippen molar-refractivity contribution in [1.82, 2.24) is 0 Å². The molecule has 1 aliphatic carbocycles. The molecular formula is C11H22BrFMg. The van der Waals surface area contributed by atoms with Crippen molar-refractivity contribution < 1.29 is 4.70 Å². The topological polar surface area (TPSA) is 0 Å². The molecule has 0 spiro atoms. The molecule has 0 aromatic rings. The van der Waals surface area contributed by atoms with Gasteiger partial charge in [-0.3, -0.25) is 0 Å². The van der Waals surface area contributed by atoms with Crippen molar-refractivity contribution in [3.8, 4) is 0 Å². The van der Waals surface area contributed by atoms with E-state index in [2.05, 4.69) is 13.3 Å². The molecule has 1 fully saturated rings. The molecule has 0 heterocycles. The Morgan fingerprint density at radius 2 is 1.71 bits per heavy atom. The standard InChI is InChI=1S/C11H21.BrH.FH.Mg/c1-2-3-5-8-11-9-6-4-7-10-11;;;/h4,11H,2-3,5-10H2,1H3;2*1H;/q-1;;;+2/p-1. The molecule has 1 aliphatic rings. The number of hydrogen-bond acceptors (Lipinski definition) is 0. The minimum Gasteiger partial charge on any atom is -1.00 e. The van der Waals surface area contributed by atoms with Gasteiger partial charge in [-0.25, -0.2) is 0 Å². The Morgan fingerprint density at radius 1 is 1.14 bits per heavy atom. The molecule has 1 rings (SSSR count). The first-order valence-electron chi connectivity index (χ1n) is 5.25. The summed E-state index contributed by atoms with van der Waals surface area (Å²) in [6, 6.07) is 0. The fourth-order valence-electron chi connectivity index (χ4n) is 1.97. The second-order valence-corrected chi connectivity index (χ2v) is 3.81. The molecule has 3 heteroatoms. The Balaban J connectivity index is -0.000000403. The molecule has 82 valence electrons. The summed E-state index contributed by atoms with van der Waals surface area (Å²) in [7, 11) is 0. The van der Waals surface area contributed by atoms with Crippen LogP contribution in [0.3, 0.4) is 0 Å². The van der Waals surface area contributed by atoms with Gasteiger partial charge in [-0.15, -0.1) is 17.0 Å². The second-order valence-electron chi connectivity index (χ2n) is 3.81. The molecule has 0 nitrogen and oxygen atoms in total. The van der Waals surface area contributed by atoms with Gasteiger partial charge < -0.3 is 11.1 Å². The van der Waals surface area contributed by atoms with Crippen LogP contribution < -0.4 is 4.70 Å². The van der Waals surface area contributed by atoms with Gasteiger partial charge in [0.15, 0.2) is 0 Å². The van der Waals surface area contributed by atoms with E-state index < -0.39 is 0 Å². The van der Waals surface area contributed by atoms with E-state index in [4.69, 9.17) is 0 Å². The predicted octanol–water partition coefficient (Wildman–Crippen LogP) is 1.16. The van der Waals surface area contributed by atoms with Gasteiger partial charge in [0.2, 0.25) is 0 Å². The van der Waals surface area contributed by atoms with Crippen LogP contribution in [0.4, 0.5) is 0 Å². The molecule has 1 saturated carbocycles. The van der Waals surface area contributed by atoms with E-state index >= 15 is 0 Å². The zero-order chi connectivity index (χ0) is 7.94. The Hall–Kier alpha value is 1.18. The number of hydrogen-bond donors (Lipinski definition) is 0. The van der Waals surface area contributed by atoms with Crippen molar-refractivity contribution in [3.05, 3.63) is 6.42 Å². The summed E-state index contributed by atoms with van der Waals surface area (Å²) in [4.78, 5) is 0. The minimum atomic E-state index is 0. The Labute approximate surface area is 115 Å². The first-order chi connectivity index (χ1) is 5.43. The first kappa shape index (κ1) is 20.6. The fraction of sp³-hybridized carbons (Fsp3) is 0.909. The summed E-state index contributed by atoms with van der Waals surface area (Å²) in [6.45, 7) is 2.29. The normalized spacial score (nSPS) is 16.1. The molecule has 0 amide bonds. The van der Waals surface area contributed by atoms with E-state index in [1.807, 2.05) is 0 Å². The molecule has 0 unspecified atom stereocenters. The molecule has 0 aromatic heterocycles. The maximum absolute atomic E-state index is 2.45. The van der Waals surface area contributed by atoms with E-state index in [0.29, 0.717) is 0 Å². The number of unbranched alkanes of at least 4 members (excludes halogenated alkanes) is 2. The van der Waals surface area contributed by atoms with Crippen LogP contribution in [-0.4, -0.2) is 23.1 Å². The molecule has 14 heavy (non-hydrogen) atoms. The van der Waals surface area contributed by atoms with E-state index in [-0.39, 0.29) is 44.7 Å². The van der Waals surface area contributed by atoms with Crippen LogP contribution in [0.5, 0.6) is 0 Å². The van der Waals surface area contributed by atoms with Crippen LogP contribution in [0.15, 0.2) is 0 Å². The molecule has 0 radical (unpaired) electrons. The molecule has 0 saturated heterocycles. The largest absolute Gasteiger partial charge is 2.00 e. The van der Waals surface area contributed by atoms with Gasteiger partial charge in [0.1, 0.15) is 0 Å². The van der Waals surface area contributed by atoms with Crippen LogP contribution in [0.2, 0.25) is 0 Å². The van der Waals surface area contributed by atoms with Crippen molar-refractivity contribution in [2.75, 3.05) is 0 Å². The van der Waals surface area contributed by atoms with Gasteiger partial charge in [-0.2, -0.15) is 12.8 Å². The van der Waals surface area contributed by atoms with Gasteiger partial charge in [0.05, 0.1) is 0 Å². The Morgan fingerprint density at radius 3 is 2.21 bits per heavy atom. The summed E-state index contributed by atoms with van der Waals surface area (Å²) in [5, 5.41) is 0. The van der Waals surface area contributed by atoms with Crippen LogP contribution in [0, 0.1) is 12.3 Å². The van der Waals surface area contributed by atoms with Crippen molar-refractivity contribution in [2.24, 2.45) is 5.92 Å². The molecule has 0 aromatic carbocycles. The third-order valence-corrected chi connectivity index (χ3v) is 2.77. The zero-order valence-corrected chi connectivity index (χ0v) is 12.4. The van der Waals surface area contributed by atoms with Gasteiger partial charge in [-0.05, 0) is 5.92 Å². The predicted molar refractivity (Wildman–Crippen MR) is 66.5 cm³/mol. The zero-order valence-electron chi connectivity index (χ0n) is 9.30. The summed E-state index contributed by atoms with van der Waals surface area (Å²) >= 11 is 0. The van der Waals surface area contributed by atoms with Crippen molar-refractivity contribution in [3.63, 3.8) is 0 Å². The number of halogens is 2. The SMILES string of the molecule is Br.CCCCCC1CC[CH-]CC1.[F-].[Mg+2]. The monoisotopic (exact) mass is 276 g/mol. The van der Waals surface area contributed by atoms with Crippen LogP contribution >= 0.6 is 17.0 Å². The van der Waals surface area contributed by atoms with Crippen LogP contribution in [0.1, 0.15) is 58.3 Å². The molecule has 0 atom stereocenters. The second kappa shape index (κ2) is 14.2. The minimum absolute atomic E-state index is 0. The van der Waals surface area contributed by atoms with E-state index in [1.54, 1.807) is 0 Å². The average molecular weight is 278 g/mol. The van der Waals surface area contributed by atoms with Crippen molar-refractivity contribution in [2.45, 2.75) is 58.3 Å². The van der Waals surface area contributed by atoms with Gasteiger partial charge in [-0.1, -0.05) is 45.4 Å². The molecule has 0 aliphatic heterocycles. The summed E-state index contributed by atoms with van der Waals surface area (Å²) in [5.74, 6) is 1.08. The van der Waals surface area contributed by atoms with E-state index in [0.717, 1.165) is 5.92 Å². The van der Waals surface area contributed by atoms with Gasteiger partial charge >= 0.3 is 23.1 Å². The number of rotatable bonds is 4. The van der Waals surface area contributed by atoms with Crippen molar-refractivity contribution in [1.29, 1.82) is 0 Å². The Bertz CT molecular complexity index is 95.3. The smallest absolute Gasteiger partial charge is 1.00 e. The van der Waals surface area contributed by atoms with E-state index in [9.17, 15) is 0 Å². The fourth-order valence-corrected chi connectivity index (χ4v) is 1.97. The van der Waals surface area contributed by atoms with E-state index in [1.165, 1.54) is 51.4 Å². The quantitative estimate of drug-likeness (QED) is 0.411. The molecule has 0 bridgehead atoms.